The Morgan fingerprint density at radius 3 is 2.53 bits per heavy atom. The molecule has 0 aliphatic carbocycles. The quantitative estimate of drug-likeness (QED) is 0.366. The van der Waals surface area contributed by atoms with Gasteiger partial charge in [0.05, 0.1) is 24.4 Å². The molecule has 174 valence electrons. The van der Waals surface area contributed by atoms with Crippen molar-refractivity contribution < 1.29 is 23.0 Å². The first kappa shape index (κ1) is 22.4. The van der Waals surface area contributed by atoms with E-state index in [0.717, 1.165) is 27.7 Å². The number of thiazole rings is 1. The second kappa shape index (κ2) is 8.41. The number of halogens is 3. The van der Waals surface area contributed by atoms with Crippen LogP contribution in [0, 0.1) is 0 Å². The van der Waals surface area contributed by atoms with Gasteiger partial charge in [0.25, 0.3) is 5.72 Å². The third-order valence-electron chi connectivity index (χ3n) is 5.67. The first-order valence-electron chi connectivity index (χ1n) is 10.6. The van der Waals surface area contributed by atoms with Gasteiger partial charge in [-0.1, -0.05) is 42.5 Å². The van der Waals surface area contributed by atoms with Crippen LogP contribution in [-0.4, -0.2) is 34.3 Å². The maximum absolute atomic E-state index is 14.1. The Bertz CT molecular complexity index is 1360. The topological polar surface area (TPSA) is 58.0 Å². The zero-order valence-electron chi connectivity index (χ0n) is 18.1. The third-order valence-corrected chi connectivity index (χ3v) is 6.49. The normalized spacial score (nSPS) is 18.4. The predicted octanol–water partition coefficient (Wildman–Crippen LogP) is 6.23. The van der Waals surface area contributed by atoms with Crippen molar-refractivity contribution in [3.8, 4) is 17.0 Å². The summed E-state index contributed by atoms with van der Waals surface area (Å²) in [5.74, 6) is 0.692. The molecule has 34 heavy (non-hydrogen) atoms. The highest BCUT2D eigenvalue weighted by molar-refractivity contribution is 7.14. The molecule has 1 aromatic heterocycles. The Morgan fingerprint density at radius 2 is 1.79 bits per heavy atom. The smallest absolute Gasteiger partial charge is 0.438 e. The van der Waals surface area contributed by atoms with Crippen LogP contribution in [0.4, 0.5) is 18.3 Å². The van der Waals surface area contributed by atoms with E-state index in [2.05, 4.69) is 10.1 Å². The number of aliphatic hydroxyl groups is 1. The number of hydrazone groups is 1. The van der Waals surface area contributed by atoms with Crippen LogP contribution < -0.4 is 9.75 Å². The molecule has 2 heterocycles. The van der Waals surface area contributed by atoms with Gasteiger partial charge < -0.3 is 9.84 Å². The van der Waals surface area contributed by atoms with Gasteiger partial charge in [0.1, 0.15) is 5.75 Å². The highest BCUT2D eigenvalue weighted by atomic mass is 32.1. The highest BCUT2D eigenvalue weighted by Crippen LogP contribution is 2.45. The minimum Gasteiger partial charge on any atom is -0.494 e. The number of rotatable bonds is 5. The predicted molar refractivity (Wildman–Crippen MR) is 127 cm³/mol. The Hall–Kier alpha value is -3.43. The molecule has 0 unspecified atom stereocenters. The highest BCUT2D eigenvalue weighted by Gasteiger charge is 2.62. The summed E-state index contributed by atoms with van der Waals surface area (Å²) in [4.78, 5) is 4.37. The summed E-state index contributed by atoms with van der Waals surface area (Å²) in [6, 6.07) is 19.9. The number of benzene rings is 3. The van der Waals surface area contributed by atoms with Gasteiger partial charge in [0, 0.05) is 16.5 Å². The maximum atomic E-state index is 14.1. The van der Waals surface area contributed by atoms with Crippen LogP contribution in [-0.2, 0) is 0 Å². The lowest BCUT2D eigenvalue weighted by Gasteiger charge is -2.32. The zero-order chi connectivity index (χ0) is 23.9. The fourth-order valence-corrected chi connectivity index (χ4v) is 4.83. The number of hydrogen-bond donors (Lipinski definition) is 1. The van der Waals surface area contributed by atoms with E-state index < -0.39 is 18.3 Å². The monoisotopic (exact) mass is 483 g/mol. The van der Waals surface area contributed by atoms with Crippen molar-refractivity contribution in [2.75, 3.05) is 11.6 Å². The minimum atomic E-state index is -4.95. The first-order valence-corrected chi connectivity index (χ1v) is 11.5. The van der Waals surface area contributed by atoms with Crippen LogP contribution in [0.25, 0.3) is 22.0 Å². The van der Waals surface area contributed by atoms with E-state index in [1.54, 1.807) is 41.8 Å². The summed E-state index contributed by atoms with van der Waals surface area (Å²) >= 11 is 0.992. The molecule has 0 fully saturated rings. The fourth-order valence-electron chi connectivity index (χ4n) is 3.98. The Labute approximate surface area is 197 Å². The molecule has 0 radical (unpaired) electrons. The molecule has 1 atom stereocenters. The first-order chi connectivity index (χ1) is 16.3. The molecule has 1 aliphatic rings. The average molecular weight is 484 g/mol. The van der Waals surface area contributed by atoms with Crippen LogP contribution in [0.5, 0.6) is 5.75 Å². The summed E-state index contributed by atoms with van der Waals surface area (Å²) in [5, 5.41) is 19.0. The summed E-state index contributed by atoms with van der Waals surface area (Å²) in [6.07, 6.45) is -5.66. The number of ether oxygens (including phenoxy) is 1. The van der Waals surface area contributed by atoms with E-state index in [-0.39, 0.29) is 10.8 Å². The molecule has 1 aliphatic heterocycles. The summed E-state index contributed by atoms with van der Waals surface area (Å²) in [7, 11) is 0. The second-order valence-corrected chi connectivity index (χ2v) is 8.69. The average Bonchev–Trinajstić information content (AvgIpc) is 3.44. The molecule has 1 N–H and O–H groups in total. The molecule has 3 aromatic carbocycles. The lowest BCUT2D eigenvalue weighted by Crippen LogP contribution is -2.55. The summed E-state index contributed by atoms with van der Waals surface area (Å²) in [6.45, 7) is 2.41. The molecule has 5 nitrogen and oxygen atoms in total. The second-order valence-electron chi connectivity index (χ2n) is 7.85. The van der Waals surface area contributed by atoms with Crippen LogP contribution in [0.1, 0.15) is 18.9 Å². The molecule has 0 spiro atoms. The molecule has 0 saturated heterocycles. The minimum absolute atomic E-state index is 0.0426. The van der Waals surface area contributed by atoms with Crippen molar-refractivity contribution >= 4 is 33.0 Å². The van der Waals surface area contributed by atoms with E-state index in [9.17, 15) is 18.3 Å². The van der Waals surface area contributed by atoms with Crippen LogP contribution in [0.2, 0.25) is 0 Å². The van der Waals surface area contributed by atoms with Crippen molar-refractivity contribution in [3.05, 3.63) is 77.7 Å². The number of fused-ring (bicyclic) bond motifs is 1. The van der Waals surface area contributed by atoms with Gasteiger partial charge in [-0.2, -0.15) is 23.3 Å². The fraction of sp³-hybridized carbons (Fsp3) is 0.200. The van der Waals surface area contributed by atoms with E-state index >= 15 is 0 Å². The van der Waals surface area contributed by atoms with Crippen molar-refractivity contribution in [2.45, 2.75) is 25.2 Å². The van der Waals surface area contributed by atoms with E-state index in [1.165, 1.54) is 0 Å². The molecule has 4 aromatic rings. The van der Waals surface area contributed by atoms with Gasteiger partial charge in [0.15, 0.2) is 0 Å². The summed E-state index contributed by atoms with van der Waals surface area (Å²) in [5.41, 5.74) is -1.30. The molecular formula is C25H20F3N3O2S. The van der Waals surface area contributed by atoms with E-state index in [0.29, 0.717) is 28.6 Å². The van der Waals surface area contributed by atoms with Gasteiger partial charge in [-0.05, 0) is 42.0 Å². The van der Waals surface area contributed by atoms with Gasteiger partial charge in [-0.3, -0.25) is 0 Å². The molecule has 9 heteroatoms. The van der Waals surface area contributed by atoms with Crippen molar-refractivity contribution in [3.63, 3.8) is 0 Å². The molecule has 0 amide bonds. The van der Waals surface area contributed by atoms with E-state index in [1.807, 2.05) is 37.3 Å². The van der Waals surface area contributed by atoms with Gasteiger partial charge in [-0.15, -0.1) is 11.3 Å². The zero-order valence-corrected chi connectivity index (χ0v) is 18.9. The van der Waals surface area contributed by atoms with E-state index in [4.69, 9.17) is 4.74 Å². The number of nitrogens with zero attached hydrogens (tertiary/aromatic N) is 3. The van der Waals surface area contributed by atoms with Crippen LogP contribution in [0.15, 0.2) is 77.2 Å². The SMILES string of the molecule is CCOc1ccc(-c2csc(N3N=C(c4cccc5ccccc45)C[C@@]3(O)C(F)(F)F)n2)cc1. The van der Waals surface area contributed by atoms with Crippen molar-refractivity contribution in [2.24, 2.45) is 5.10 Å². The Kier molecular flexibility index (Phi) is 5.53. The van der Waals surface area contributed by atoms with Gasteiger partial charge in [-0.25, -0.2) is 4.98 Å². The van der Waals surface area contributed by atoms with Gasteiger partial charge in [0.2, 0.25) is 5.13 Å². The van der Waals surface area contributed by atoms with Crippen molar-refractivity contribution in [1.29, 1.82) is 0 Å². The lowest BCUT2D eigenvalue weighted by molar-refractivity contribution is -0.254. The maximum Gasteiger partial charge on any atom is 0.438 e. The lowest BCUT2D eigenvalue weighted by atomic mass is 9.96. The largest absolute Gasteiger partial charge is 0.494 e. The van der Waals surface area contributed by atoms with Crippen LogP contribution >= 0.6 is 11.3 Å². The van der Waals surface area contributed by atoms with Crippen molar-refractivity contribution in [1.82, 2.24) is 4.98 Å². The molecule has 0 bridgehead atoms. The molecular weight excluding hydrogens is 463 g/mol. The third kappa shape index (κ3) is 3.80. The molecule has 0 saturated carbocycles. The van der Waals surface area contributed by atoms with Gasteiger partial charge >= 0.3 is 6.18 Å². The number of alkyl halides is 3. The standard InChI is InChI=1S/C25H20F3N3O2S/c1-2-33-18-12-10-17(11-13-18)22-15-34-23(29-22)31-24(32,25(26,27)28)14-21(30-31)20-9-5-7-16-6-3-4-8-19(16)20/h3-13,15,32H,2,14H2,1H3/t24-/m1/s1. The van der Waals surface area contributed by atoms with Crippen LogP contribution in [0.3, 0.4) is 0 Å². The number of anilines is 1. The molecule has 5 rings (SSSR count). The Morgan fingerprint density at radius 1 is 1.06 bits per heavy atom. The number of hydrogen-bond acceptors (Lipinski definition) is 6. The Balaban J connectivity index is 1.55. The summed E-state index contributed by atoms with van der Waals surface area (Å²) < 4.78 is 47.8. The number of aromatic nitrogens is 1.